The predicted molar refractivity (Wildman–Crippen MR) is 104 cm³/mol. The van der Waals surface area contributed by atoms with E-state index < -0.39 is 5.54 Å². The lowest BCUT2D eigenvalue weighted by atomic mass is 10.1. The molecule has 0 spiro atoms. The van der Waals surface area contributed by atoms with Crippen molar-refractivity contribution in [3.63, 3.8) is 0 Å². The van der Waals surface area contributed by atoms with Crippen LogP contribution in [0.2, 0.25) is 5.02 Å². The smallest absolute Gasteiger partial charge is 0.289 e. The second-order valence-electron chi connectivity index (χ2n) is 6.35. The van der Waals surface area contributed by atoms with Gasteiger partial charge in [-0.15, -0.1) is 0 Å². The lowest BCUT2D eigenvalue weighted by Crippen LogP contribution is -2.36. The van der Waals surface area contributed by atoms with Gasteiger partial charge in [0.05, 0.1) is 18.3 Å². The molecule has 2 aromatic heterocycles. The number of halogens is 1. The van der Waals surface area contributed by atoms with Gasteiger partial charge in [0.25, 0.3) is 5.56 Å². The fourth-order valence-corrected chi connectivity index (χ4v) is 2.13. The minimum atomic E-state index is -0.447. The molecule has 0 aliphatic carbocycles. The summed E-state index contributed by atoms with van der Waals surface area (Å²) in [5.41, 5.74) is 0.0235. The Morgan fingerprint density at radius 1 is 1.15 bits per heavy atom. The van der Waals surface area contributed by atoms with Gasteiger partial charge in [0.15, 0.2) is 10.8 Å². The van der Waals surface area contributed by atoms with Crippen LogP contribution in [0.4, 0.5) is 0 Å². The fraction of sp³-hybridized carbons (Fsp3) is 0.526. The highest BCUT2D eigenvalue weighted by Crippen LogP contribution is 2.22. The summed E-state index contributed by atoms with van der Waals surface area (Å²) in [6, 6.07) is 3.64. The summed E-state index contributed by atoms with van der Waals surface area (Å²) in [4.78, 5) is 16.5. The molecule has 0 saturated heterocycles. The Morgan fingerprint density at radius 2 is 1.85 bits per heavy atom. The van der Waals surface area contributed by atoms with E-state index in [4.69, 9.17) is 21.1 Å². The Bertz CT molecular complexity index is 737. The third-order valence-electron chi connectivity index (χ3n) is 3.17. The molecule has 6 nitrogen and oxygen atoms in total. The van der Waals surface area contributed by atoms with Crippen molar-refractivity contribution in [1.29, 1.82) is 0 Å². The van der Waals surface area contributed by atoms with Crippen LogP contribution in [0, 0.1) is 0 Å². The normalized spacial score (nSPS) is 10.7. The van der Waals surface area contributed by atoms with Gasteiger partial charge in [0.1, 0.15) is 6.61 Å². The SMILES string of the molecule is CC.CCCOc1ccc(COc2cnn(C(C)(C)C)c(=O)c2Cl)cn1. The van der Waals surface area contributed by atoms with Gasteiger partial charge in [-0.05, 0) is 33.3 Å². The molecular weight excluding hydrogens is 354 g/mol. The molecule has 0 bridgehead atoms. The molecule has 26 heavy (non-hydrogen) atoms. The number of pyridine rings is 1. The standard InChI is InChI=1S/C17H22ClN3O3.C2H6/c1-5-8-23-14-7-6-12(9-19-14)11-24-13-10-20-21(17(2,3)4)16(22)15(13)18;1-2/h6-7,9-10H,5,8,11H2,1-4H3;1-2H3. The maximum atomic E-state index is 12.3. The minimum Gasteiger partial charge on any atom is -0.485 e. The van der Waals surface area contributed by atoms with Crippen LogP contribution < -0.4 is 15.0 Å². The molecule has 0 aliphatic rings. The summed E-state index contributed by atoms with van der Waals surface area (Å²) in [5.74, 6) is 0.835. The second-order valence-corrected chi connectivity index (χ2v) is 6.73. The Morgan fingerprint density at radius 3 is 2.38 bits per heavy atom. The Hall–Kier alpha value is -2.08. The lowest BCUT2D eigenvalue weighted by Gasteiger charge is -2.21. The van der Waals surface area contributed by atoms with E-state index >= 15 is 0 Å². The molecule has 0 fully saturated rings. The van der Waals surface area contributed by atoms with Crippen LogP contribution >= 0.6 is 11.6 Å². The maximum absolute atomic E-state index is 12.3. The van der Waals surface area contributed by atoms with Crippen LogP contribution in [-0.2, 0) is 12.1 Å². The molecule has 0 atom stereocenters. The highest BCUT2D eigenvalue weighted by molar-refractivity contribution is 6.31. The highest BCUT2D eigenvalue weighted by Gasteiger charge is 2.19. The van der Waals surface area contributed by atoms with E-state index in [0.29, 0.717) is 12.5 Å². The van der Waals surface area contributed by atoms with E-state index in [-0.39, 0.29) is 22.9 Å². The lowest BCUT2D eigenvalue weighted by molar-refractivity contribution is 0.289. The average Bonchev–Trinajstić information content (AvgIpc) is 2.62. The number of ether oxygens (including phenoxy) is 2. The topological polar surface area (TPSA) is 66.2 Å². The number of nitrogens with zero attached hydrogens (tertiary/aromatic N) is 3. The summed E-state index contributed by atoms with van der Waals surface area (Å²) in [6.45, 7) is 12.5. The van der Waals surface area contributed by atoms with Gasteiger partial charge >= 0.3 is 0 Å². The quantitative estimate of drug-likeness (QED) is 0.739. The van der Waals surface area contributed by atoms with Gasteiger partial charge in [-0.25, -0.2) is 9.67 Å². The first-order valence-corrected chi connectivity index (χ1v) is 9.19. The Kier molecular flexibility index (Phi) is 8.58. The molecule has 2 aromatic rings. The van der Waals surface area contributed by atoms with Crippen LogP contribution in [0.15, 0.2) is 29.3 Å². The summed E-state index contributed by atoms with van der Waals surface area (Å²) in [7, 11) is 0. The average molecular weight is 382 g/mol. The van der Waals surface area contributed by atoms with Gasteiger partial charge in [0, 0.05) is 17.8 Å². The zero-order valence-electron chi connectivity index (χ0n) is 16.4. The van der Waals surface area contributed by atoms with Crippen LogP contribution in [-0.4, -0.2) is 21.4 Å². The zero-order valence-corrected chi connectivity index (χ0v) is 17.1. The maximum Gasteiger partial charge on any atom is 0.289 e. The molecule has 0 unspecified atom stereocenters. The monoisotopic (exact) mass is 381 g/mol. The van der Waals surface area contributed by atoms with Crippen molar-refractivity contribution in [2.24, 2.45) is 0 Å². The second kappa shape index (κ2) is 10.2. The number of hydrogen-bond donors (Lipinski definition) is 0. The highest BCUT2D eigenvalue weighted by atomic mass is 35.5. The first-order chi connectivity index (χ1) is 12.3. The van der Waals surface area contributed by atoms with Crippen LogP contribution in [0.1, 0.15) is 53.5 Å². The van der Waals surface area contributed by atoms with Crippen molar-refractivity contribution in [2.75, 3.05) is 6.61 Å². The Balaban J connectivity index is 0.00000163. The third kappa shape index (κ3) is 6.02. The zero-order chi connectivity index (χ0) is 19.7. The predicted octanol–water partition coefficient (Wildman–Crippen LogP) is 4.44. The van der Waals surface area contributed by atoms with Gasteiger partial charge in [0.2, 0.25) is 5.88 Å². The Labute approximate surface area is 160 Å². The molecule has 2 rings (SSSR count). The third-order valence-corrected chi connectivity index (χ3v) is 3.52. The summed E-state index contributed by atoms with van der Waals surface area (Å²) in [5, 5.41) is 4.15. The van der Waals surface area contributed by atoms with Crippen LogP contribution in [0.5, 0.6) is 11.6 Å². The first-order valence-electron chi connectivity index (χ1n) is 8.81. The van der Waals surface area contributed by atoms with Crippen LogP contribution in [0.3, 0.4) is 0 Å². The molecule has 0 amide bonds. The first kappa shape index (κ1) is 22.0. The molecular formula is C19H28ClN3O3. The number of rotatable bonds is 6. The van der Waals surface area contributed by atoms with E-state index in [1.165, 1.54) is 10.9 Å². The van der Waals surface area contributed by atoms with Crippen molar-refractivity contribution in [3.05, 3.63) is 45.5 Å². The van der Waals surface area contributed by atoms with Gasteiger partial charge in [-0.1, -0.05) is 32.4 Å². The summed E-state index contributed by atoms with van der Waals surface area (Å²) < 4.78 is 12.4. The van der Waals surface area contributed by atoms with Gasteiger partial charge in [-0.2, -0.15) is 5.10 Å². The van der Waals surface area contributed by atoms with Crippen molar-refractivity contribution in [1.82, 2.24) is 14.8 Å². The molecule has 0 saturated carbocycles. The number of hydrogen-bond acceptors (Lipinski definition) is 5. The van der Waals surface area contributed by atoms with Crippen molar-refractivity contribution < 1.29 is 9.47 Å². The molecule has 0 N–H and O–H groups in total. The minimum absolute atomic E-state index is 0.0239. The van der Waals surface area contributed by atoms with E-state index in [0.717, 1.165) is 12.0 Å². The fourth-order valence-electron chi connectivity index (χ4n) is 1.95. The summed E-state index contributed by atoms with van der Waals surface area (Å²) in [6.07, 6.45) is 4.06. The van der Waals surface area contributed by atoms with Gasteiger partial charge < -0.3 is 9.47 Å². The largest absolute Gasteiger partial charge is 0.485 e. The molecule has 0 aromatic carbocycles. The van der Waals surface area contributed by atoms with Crippen molar-refractivity contribution in [3.8, 4) is 11.6 Å². The molecule has 7 heteroatoms. The number of aromatic nitrogens is 3. The van der Waals surface area contributed by atoms with Crippen molar-refractivity contribution in [2.45, 2.75) is 60.1 Å². The molecule has 0 aliphatic heterocycles. The van der Waals surface area contributed by atoms with E-state index in [1.807, 2.05) is 47.6 Å². The van der Waals surface area contributed by atoms with Crippen molar-refractivity contribution >= 4 is 11.6 Å². The molecule has 144 valence electrons. The van der Waals surface area contributed by atoms with Gasteiger partial charge in [-0.3, -0.25) is 4.79 Å². The summed E-state index contributed by atoms with van der Waals surface area (Å²) >= 11 is 6.12. The molecule has 0 radical (unpaired) electrons. The van der Waals surface area contributed by atoms with E-state index in [9.17, 15) is 4.79 Å². The van der Waals surface area contributed by atoms with E-state index in [2.05, 4.69) is 10.1 Å². The van der Waals surface area contributed by atoms with Crippen LogP contribution in [0.25, 0.3) is 0 Å². The van der Waals surface area contributed by atoms with E-state index in [1.54, 1.807) is 12.3 Å². The molecule has 2 heterocycles.